The Hall–Kier alpha value is -2.37. The first-order valence-corrected chi connectivity index (χ1v) is 6.03. The minimum absolute atomic E-state index is 0.0570. The fraction of sp³-hybridized carbons (Fsp3) is 0.308. The molecule has 0 atom stereocenters. The molecule has 0 spiro atoms. The summed E-state index contributed by atoms with van der Waals surface area (Å²) in [6.07, 6.45) is 3.65. The molecule has 0 aliphatic heterocycles. The van der Waals surface area contributed by atoms with E-state index in [1.54, 1.807) is 18.3 Å². The third-order valence-corrected chi connectivity index (χ3v) is 2.91. The summed E-state index contributed by atoms with van der Waals surface area (Å²) in [6.45, 7) is 4.75. The van der Waals surface area contributed by atoms with Crippen molar-refractivity contribution in [3.63, 3.8) is 0 Å². The minimum Gasteiger partial charge on any atom is -0.393 e. The Bertz CT molecular complexity index is 604. The number of nitrogens with two attached hydrogens (primary N) is 1. The van der Waals surface area contributed by atoms with Crippen molar-refractivity contribution < 1.29 is 4.92 Å². The van der Waals surface area contributed by atoms with Gasteiger partial charge in [-0.2, -0.15) is 0 Å². The first kappa shape index (κ1) is 13.1. The third-order valence-electron chi connectivity index (χ3n) is 2.91. The lowest BCUT2D eigenvalue weighted by Crippen LogP contribution is -2.06. The molecule has 1 heterocycles. The standard InChI is InChI=1S/C13H16N4O2/c1-9(2)13-15-5-6-16(13)8-10-3-4-12(17(18)19)11(14)7-10/h3-7,9H,8,14H2,1-2H3. The highest BCUT2D eigenvalue weighted by molar-refractivity contribution is 5.59. The van der Waals surface area contributed by atoms with E-state index in [9.17, 15) is 10.1 Å². The first-order valence-electron chi connectivity index (χ1n) is 6.03. The van der Waals surface area contributed by atoms with Crippen LogP contribution in [-0.2, 0) is 6.54 Å². The van der Waals surface area contributed by atoms with E-state index in [2.05, 4.69) is 18.8 Å². The monoisotopic (exact) mass is 260 g/mol. The molecular formula is C13H16N4O2. The average Bonchev–Trinajstić information content (AvgIpc) is 2.76. The Morgan fingerprint density at radius 2 is 2.21 bits per heavy atom. The molecule has 2 aromatic rings. The smallest absolute Gasteiger partial charge is 0.292 e. The van der Waals surface area contributed by atoms with Crippen LogP contribution >= 0.6 is 0 Å². The van der Waals surface area contributed by atoms with Crippen LogP contribution in [-0.4, -0.2) is 14.5 Å². The highest BCUT2D eigenvalue weighted by Crippen LogP contribution is 2.23. The molecule has 0 aliphatic rings. The zero-order valence-electron chi connectivity index (χ0n) is 10.9. The molecule has 0 bridgehead atoms. The second-order valence-electron chi connectivity index (χ2n) is 4.72. The number of rotatable bonds is 4. The van der Waals surface area contributed by atoms with Crippen LogP contribution in [0.5, 0.6) is 0 Å². The summed E-state index contributed by atoms with van der Waals surface area (Å²) in [4.78, 5) is 14.5. The van der Waals surface area contributed by atoms with Crippen molar-refractivity contribution in [2.24, 2.45) is 0 Å². The lowest BCUT2D eigenvalue weighted by Gasteiger charge is -2.10. The van der Waals surface area contributed by atoms with Gasteiger partial charge in [-0.25, -0.2) is 4.98 Å². The molecule has 0 fully saturated rings. The lowest BCUT2D eigenvalue weighted by atomic mass is 10.1. The second-order valence-corrected chi connectivity index (χ2v) is 4.72. The summed E-state index contributed by atoms with van der Waals surface area (Å²) in [5.41, 5.74) is 6.73. The van der Waals surface area contributed by atoms with E-state index in [-0.39, 0.29) is 11.4 Å². The summed E-state index contributed by atoms with van der Waals surface area (Å²) in [7, 11) is 0. The van der Waals surface area contributed by atoms with Gasteiger partial charge in [0.1, 0.15) is 11.5 Å². The lowest BCUT2D eigenvalue weighted by molar-refractivity contribution is -0.383. The van der Waals surface area contributed by atoms with Gasteiger partial charge in [-0.3, -0.25) is 10.1 Å². The Kier molecular flexibility index (Phi) is 3.50. The Morgan fingerprint density at radius 1 is 1.47 bits per heavy atom. The maximum Gasteiger partial charge on any atom is 0.292 e. The maximum absolute atomic E-state index is 10.7. The maximum atomic E-state index is 10.7. The normalized spacial score (nSPS) is 10.9. The van der Waals surface area contributed by atoms with Crippen molar-refractivity contribution in [3.8, 4) is 0 Å². The van der Waals surface area contributed by atoms with E-state index < -0.39 is 4.92 Å². The summed E-state index contributed by atoms with van der Waals surface area (Å²) >= 11 is 0. The molecule has 0 amide bonds. The summed E-state index contributed by atoms with van der Waals surface area (Å²) < 4.78 is 2.02. The number of hydrogen-bond acceptors (Lipinski definition) is 4. The van der Waals surface area contributed by atoms with Crippen LogP contribution in [0.25, 0.3) is 0 Å². The van der Waals surface area contributed by atoms with Crippen LogP contribution in [0.4, 0.5) is 11.4 Å². The second kappa shape index (κ2) is 5.09. The number of nitro benzene ring substituents is 1. The fourth-order valence-corrected chi connectivity index (χ4v) is 2.02. The molecule has 100 valence electrons. The molecule has 0 radical (unpaired) electrons. The van der Waals surface area contributed by atoms with Gasteiger partial charge < -0.3 is 10.3 Å². The van der Waals surface area contributed by atoms with E-state index in [0.29, 0.717) is 12.5 Å². The highest BCUT2D eigenvalue weighted by atomic mass is 16.6. The number of hydrogen-bond donors (Lipinski definition) is 1. The molecule has 0 unspecified atom stereocenters. The fourth-order valence-electron chi connectivity index (χ4n) is 2.02. The van der Waals surface area contributed by atoms with Gasteiger partial charge in [-0.05, 0) is 11.6 Å². The molecule has 19 heavy (non-hydrogen) atoms. The van der Waals surface area contributed by atoms with Crippen molar-refractivity contribution in [2.45, 2.75) is 26.3 Å². The number of nitrogens with zero attached hydrogens (tertiary/aromatic N) is 3. The number of imidazole rings is 1. The molecular weight excluding hydrogens is 244 g/mol. The zero-order valence-corrected chi connectivity index (χ0v) is 10.9. The predicted molar refractivity (Wildman–Crippen MR) is 72.9 cm³/mol. The van der Waals surface area contributed by atoms with Crippen LogP contribution in [0.2, 0.25) is 0 Å². The van der Waals surface area contributed by atoms with E-state index in [1.807, 2.05) is 10.8 Å². The Morgan fingerprint density at radius 3 is 2.79 bits per heavy atom. The molecule has 6 nitrogen and oxygen atoms in total. The van der Waals surface area contributed by atoms with E-state index in [0.717, 1.165) is 11.4 Å². The average molecular weight is 260 g/mol. The molecule has 2 N–H and O–H groups in total. The van der Waals surface area contributed by atoms with Gasteiger partial charge in [0.25, 0.3) is 5.69 Å². The summed E-state index contributed by atoms with van der Waals surface area (Å²) in [6, 6.07) is 4.80. The van der Waals surface area contributed by atoms with Gasteiger partial charge in [-0.15, -0.1) is 0 Å². The van der Waals surface area contributed by atoms with Gasteiger partial charge in [0.2, 0.25) is 0 Å². The van der Waals surface area contributed by atoms with Gasteiger partial charge in [0.05, 0.1) is 4.92 Å². The highest BCUT2D eigenvalue weighted by Gasteiger charge is 2.12. The van der Waals surface area contributed by atoms with Gasteiger partial charge in [0.15, 0.2) is 0 Å². The number of nitro groups is 1. The number of nitrogen functional groups attached to an aromatic ring is 1. The number of anilines is 1. The Balaban J connectivity index is 2.27. The zero-order chi connectivity index (χ0) is 14.0. The van der Waals surface area contributed by atoms with Crippen molar-refractivity contribution in [1.82, 2.24) is 9.55 Å². The topological polar surface area (TPSA) is 87.0 Å². The van der Waals surface area contributed by atoms with Crippen LogP contribution in [0.3, 0.4) is 0 Å². The Labute approximate surface area is 111 Å². The van der Waals surface area contributed by atoms with Gasteiger partial charge in [0, 0.05) is 30.9 Å². The minimum atomic E-state index is -0.476. The largest absolute Gasteiger partial charge is 0.393 e. The van der Waals surface area contributed by atoms with Crippen LogP contribution < -0.4 is 5.73 Å². The van der Waals surface area contributed by atoms with Crippen molar-refractivity contribution in [3.05, 3.63) is 52.1 Å². The van der Waals surface area contributed by atoms with Crippen LogP contribution in [0.15, 0.2) is 30.6 Å². The van der Waals surface area contributed by atoms with Crippen molar-refractivity contribution >= 4 is 11.4 Å². The molecule has 1 aromatic heterocycles. The predicted octanol–water partition coefficient (Wildman–Crippen LogP) is 2.55. The van der Waals surface area contributed by atoms with Crippen molar-refractivity contribution in [2.75, 3.05) is 5.73 Å². The van der Waals surface area contributed by atoms with Crippen LogP contribution in [0, 0.1) is 10.1 Å². The number of benzene rings is 1. The molecule has 1 aromatic carbocycles. The van der Waals surface area contributed by atoms with Crippen LogP contribution in [0.1, 0.15) is 31.2 Å². The molecule has 6 heteroatoms. The van der Waals surface area contributed by atoms with Crippen molar-refractivity contribution in [1.29, 1.82) is 0 Å². The summed E-state index contributed by atoms with van der Waals surface area (Å²) in [5, 5.41) is 10.7. The summed E-state index contributed by atoms with van der Waals surface area (Å²) in [5.74, 6) is 1.31. The molecule has 0 aliphatic carbocycles. The van der Waals surface area contributed by atoms with E-state index in [1.165, 1.54) is 6.07 Å². The van der Waals surface area contributed by atoms with E-state index in [4.69, 9.17) is 5.73 Å². The molecule has 0 saturated carbocycles. The molecule has 0 saturated heterocycles. The number of aromatic nitrogens is 2. The third kappa shape index (κ3) is 2.73. The SMILES string of the molecule is CC(C)c1nccn1Cc1ccc([N+](=O)[O-])c(N)c1. The van der Waals surface area contributed by atoms with E-state index >= 15 is 0 Å². The first-order chi connectivity index (χ1) is 8.99. The molecule has 2 rings (SSSR count). The van der Waals surface area contributed by atoms with Gasteiger partial charge in [-0.1, -0.05) is 19.9 Å². The van der Waals surface area contributed by atoms with Gasteiger partial charge >= 0.3 is 0 Å². The quantitative estimate of drug-likeness (QED) is 0.520.